The van der Waals surface area contributed by atoms with Crippen molar-refractivity contribution in [1.29, 1.82) is 0 Å². The molecule has 0 saturated heterocycles. The lowest BCUT2D eigenvalue weighted by Gasteiger charge is -2.14. The molecule has 4 rings (SSSR count). The number of amides is 1. The summed E-state index contributed by atoms with van der Waals surface area (Å²) in [4.78, 5) is 43.7. The summed E-state index contributed by atoms with van der Waals surface area (Å²) in [7, 11) is 0. The highest BCUT2D eigenvalue weighted by Crippen LogP contribution is 2.17. The number of para-hydroxylation sites is 1. The largest absolute Gasteiger partial charge is 0.324 e. The van der Waals surface area contributed by atoms with Crippen molar-refractivity contribution in [3.63, 3.8) is 0 Å². The Morgan fingerprint density at radius 3 is 2.42 bits per heavy atom. The standard InChI is InChI=1S/C27H25N3O3/c1-4-19-7-5-6-8-23(19)29-24(31)16-30-15-22(25(32)20-12-9-17(2)10-13-20)26(33)21-14-11-18(3)28-27(21)30/h5-15H,4,16H2,1-3H3,(H,29,31). The molecule has 2 aromatic carbocycles. The molecule has 4 aromatic rings. The normalized spacial score (nSPS) is 10.9. The molecule has 1 N–H and O–H groups in total. The number of anilines is 1. The van der Waals surface area contributed by atoms with Gasteiger partial charge in [0, 0.05) is 23.1 Å². The second kappa shape index (κ2) is 9.20. The molecule has 1 amide bonds. The van der Waals surface area contributed by atoms with Gasteiger partial charge in [-0.05, 0) is 44.0 Å². The van der Waals surface area contributed by atoms with Crippen molar-refractivity contribution < 1.29 is 9.59 Å². The summed E-state index contributed by atoms with van der Waals surface area (Å²) in [6, 6.07) is 18.1. The number of aryl methyl sites for hydroxylation is 3. The zero-order chi connectivity index (χ0) is 23.5. The summed E-state index contributed by atoms with van der Waals surface area (Å²) in [6.07, 6.45) is 2.23. The second-order valence-electron chi connectivity index (χ2n) is 8.08. The number of carbonyl (C=O) groups excluding carboxylic acids is 2. The maximum Gasteiger partial charge on any atom is 0.244 e. The van der Waals surface area contributed by atoms with Crippen molar-refractivity contribution in [2.45, 2.75) is 33.7 Å². The van der Waals surface area contributed by atoms with Gasteiger partial charge in [0.25, 0.3) is 0 Å². The van der Waals surface area contributed by atoms with Gasteiger partial charge in [0.1, 0.15) is 12.2 Å². The first-order valence-corrected chi connectivity index (χ1v) is 10.9. The van der Waals surface area contributed by atoms with E-state index >= 15 is 0 Å². The number of benzene rings is 2. The zero-order valence-corrected chi connectivity index (χ0v) is 18.9. The van der Waals surface area contributed by atoms with Gasteiger partial charge in [-0.15, -0.1) is 0 Å². The molecule has 0 unspecified atom stereocenters. The minimum atomic E-state index is -0.393. The summed E-state index contributed by atoms with van der Waals surface area (Å²) in [5.74, 6) is -0.647. The molecular weight excluding hydrogens is 414 g/mol. The third-order valence-electron chi connectivity index (χ3n) is 5.61. The lowest BCUT2D eigenvalue weighted by Crippen LogP contribution is -2.25. The van der Waals surface area contributed by atoms with Gasteiger partial charge in [0.15, 0.2) is 5.78 Å². The topological polar surface area (TPSA) is 81.1 Å². The van der Waals surface area contributed by atoms with Crippen LogP contribution in [0.4, 0.5) is 5.69 Å². The number of hydrogen-bond donors (Lipinski definition) is 1. The molecule has 0 aliphatic carbocycles. The maximum absolute atomic E-state index is 13.2. The number of pyridine rings is 2. The Bertz CT molecular complexity index is 1420. The molecule has 0 saturated carbocycles. The van der Waals surface area contributed by atoms with E-state index in [2.05, 4.69) is 10.3 Å². The van der Waals surface area contributed by atoms with Crippen molar-refractivity contribution in [2.24, 2.45) is 0 Å². The quantitative estimate of drug-likeness (QED) is 0.450. The average molecular weight is 440 g/mol. The van der Waals surface area contributed by atoms with Crippen LogP contribution in [0.1, 0.15) is 39.7 Å². The fourth-order valence-corrected chi connectivity index (χ4v) is 3.80. The summed E-state index contributed by atoms with van der Waals surface area (Å²) >= 11 is 0. The van der Waals surface area contributed by atoms with Gasteiger partial charge in [0.05, 0.1) is 10.9 Å². The van der Waals surface area contributed by atoms with E-state index in [0.717, 1.165) is 23.2 Å². The summed E-state index contributed by atoms with van der Waals surface area (Å²) in [5, 5.41) is 3.25. The predicted octanol–water partition coefficient (Wildman–Crippen LogP) is 4.45. The average Bonchev–Trinajstić information content (AvgIpc) is 2.81. The van der Waals surface area contributed by atoms with Crippen LogP contribution in [-0.4, -0.2) is 21.2 Å². The maximum atomic E-state index is 13.2. The number of carbonyl (C=O) groups is 2. The Morgan fingerprint density at radius 1 is 0.970 bits per heavy atom. The van der Waals surface area contributed by atoms with Crippen LogP contribution in [0.15, 0.2) is 71.7 Å². The smallest absolute Gasteiger partial charge is 0.244 e. The third-order valence-corrected chi connectivity index (χ3v) is 5.61. The summed E-state index contributed by atoms with van der Waals surface area (Å²) < 4.78 is 1.58. The van der Waals surface area contributed by atoms with Gasteiger partial charge in [0.2, 0.25) is 11.3 Å². The lowest BCUT2D eigenvalue weighted by molar-refractivity contribution is -0.116. The minimum Gasteiger partial charge on any atom is -0.324 e. The van der Waals surface area contributed by atoms with E-state index in [1.54, 1.807) is 28.8 Å². The molecular formula is C27H25N3O3. The highest BCUT2D eigenvalue weighted by Gasteiger charge is 2.19. The Labute approximate surface area is 191 Å². The Hall–Kier alpha value is -4.06. The van der Waals surface area contributed by atoms with E-state index < -0.39 is 5.43 Å². The molecule has 0 atom stereocenters. The molecule has 33 heavy (non-hydrogen) atoms. The molecule has 6 heteroatoms. The van der Waals surface area contributed by atoms with Crippen LogP contribution < -0.4 is 10.7 Å². The van der Waals surface area contributed by atoms with Crippen LogP contribution in [0.3, 0.4) is 0 Å². The molecule has 166 valence electrons. The fourth-order valence-electron chi connectivity index (χ4n) is 3.80. The first kappa shape index (κ1) is 22.1. The lowest BCUT2D eigenvalue weighted by atomic mass is 10.0. The molecule has 0 aliphatic heterocycles. The van der Waals surface area contributed by atoms with Crippen LogP contribution in [0.2, 0.25) is 0 Å². The van der Waals surface area contributed by atoms with Crippen LogP contribution in [0, 0.1) is 13.8 Å². The number of rotatable bonds is 6. The molecule has 2 heterocycles. The highest BCUT2D eigenvalue weighted by molar-refractivity contribution is 6.10. The van der Waals surface area contributed by atoms with Crippen LogP contribution in [0.25, 0.3) is 11.0 Å². The van der Waals surface area contributed by atoms with E-state index in [1.807, 2.05) is 57.2 Å². The van der Waals surface area contributed by atoms with Gasteiger partial charge in [-0.1, -0.05) is 55.0 Å². The van der Waals surface area contributed by atoms with Crippen LogP contribution in [-0.2, 0) is 17.8 Å². The van der Waals surface area contributed by atoms with Crippen molar-refractivity contribution in [2.75, 3.05) is 5.32 Å². The zero-order valence-electron chi connectivity index (χ0n) is 18.9. The van der Waals surface area contributed by atoms with Crippen molar-refractivity contribution >= 4 is 28.4 Å². The molecule has 0 bridgehead atoms. The van der Waals surface area contributed by atoms with Crippen LogP contribution in [0.5, 0.6) is 0 Å². The van der Waals surface area contributed by atoms with Gasteiger partial charge in [-0.3, -0.25) is 14.4 Å². The number of nitrogens with zero attached hydrogens (tertiary/aromatic N) is 2. The van der Waals surface area contributed by atoms with Crippen LogP contribution >= 0.6 is 0 Å². The van der Waals surface area contributed by atoms with Gasteiger partial charge in [-0.25, -0.2) is 4.98 Å². The molecule has 6 nitrogen and oxygen atoms in total. The van der Waals surface area contributed by atoms with Crippen molar-refractivity contribution in [3.8, 4) is 0 Å². The van der Waals surface area contributed by atoms with E-state index in [1.165, 1.54) is 6.20 Å². The first-order valence-electron chi connectivity index (χ1n) is 10.9. The number of aromatic nitrogens is 2. The number of hydrogen-bond acceptors (Lipinski definition) is 4. The predicted molar refractivity (Wildman–Crippen MR) is 130 cm³/mol. The van der Waals surface area contributed by atoms with E-state index in [4.69, 9.17) is 0 Å². The van der Waals surface area contributed by atoms with Gasteiger partial charge in [-0.2, -0.15) is 0 Å². The SMILES string of the molecule is CCc1ccccc1NC(=O)Cn1cc(C(=O)c2ccc(C)cc2)c(=O)c2ccc(C)nc21. The molecule has 0 fully saturated rings. The molecule has 0 spiro atoms. The molecule has 0 aliphatic rings. The minimum absolute atomic E-state index is 0.0127. The van der Waals surface area contributed by atoms with Gasteiger partial charge >= 0.3 is 0 Å². The monoisotopic (exact) mass is 439 g/mol. The molecule has 2 aromatic heterocycles. The Kier molecular flexibility index (Phi) is 6.18. The third kappa shape index (κ3) is 4.60. The fraction of sp³-hybridized carbons (Fsp3) is 0.185. The summed E-state index contributed by atoms with van der Waals surface area (Å²) in [5.41, 5.74) is 3.92. The van der Waals surface area contributed by atoms with E-state index in [0.29, 0.717) is 22.3 Å². The number of fused-ring (bicyclic) bond motifs is 1. The Morgan fingerprint density at radius 2 is 1.70 bits per heavy atom. The number of nitrogens with one attached hydrogen (secondary N) is 1. The molecule has 0 radical (unpaired) electrons. The second-order valence-corrected chi connectivity index (χ2v) is 8.08. The first-order chi connectivity index (χ1) is 15.9. The van der Waals surface area contributed by atoms with Crippen molar-refractivity contribution in [1.82, 2.24) is 9.55 Å². The van der Waals surface area contributed by atoms with Crippen molar-refractivity contribution in [3.05, 3.63) is 105 Å². The highest BCUT2D eigenvalue weighted by atomic mass is 16.2. The van der Waals surface area contributed by atoms with E-state index in [-0.39, 0.29) is 23.8 Å². The number of ketones is 1. The Balaban J connectivity index is 1.76. The summed E-state index contributed by atoms with van der Waals surface area (Å²) in [6.45, 7) is 5.69. The van der Waals surface area contributed by atoms with E-state index in [9.17, 15) is 14.4 Å². The van der Waals surface area contributed by atoms with Gasteiger partial charge < -0.3 is 9.88 Å².